The zero-order valence-corrected chi connectivity index (χ0v) is 76.2. The molecule has 1 heterocycles. The Labute approximate surface area is 700 Å². The number of benzene rings is 4. The number of phenols is 3. The second-order valence-corrected chi connectivity index (χ2v) is 35.2. The van der Waals surface area contributed by atoms with Crippen molar-refractivity contribution < 1.29 is 92.3 Å². The van der Waals surface area contributed by atoms with Crippen LogP contribution in [0.3, 0.4) is 0 Å². The van der Waals surface area contributed by atoms with Crippen LogP contribution in [0.15, 0.2) is 103 Å². The first-order chi connectivity index (χ1) is 54.3. The number of para-hydroxylation sites is 1. The molecule has 0 bridgehead atoms. The summed E-state index contributed by atoms with van der Waals surface area (Å²) in [5.41, 5.74) is 1.48. The van der Waals surface area contributed by atoms with Crippen molar-refractivity contribution in [3.05, 3.63) is 120 Å². The van der Waals surface area contributed by atoms with Gasteiger partial charge in [0.1, 0.15) is 66.7 Å². The number of aromatic hydroxyl groups is 3. The van der Waals surface area contributed by atoms with Gasteiger partial charge in [-0.1, -0.05) is 157 Å². The van der Waals surface area contributed by atoms with E-state index in [9.17, 15) is 33.6 Å². The van der Waals surface area contributed by atoms with Crippen molar-refractivity contribution in [1.29, 1.82) is 0 Å². The molecule has 19 heteroatoms. The van der Waals surface area contributed by atoms with Crippen molar-refractivity contribution in [3.8, 4) is 23.0 Å². The van der Waals surface area contributed by atoms with Gasteiger partial charge in [-0.05, 0) is 301 Å². The highest BCUT2D eigenvalue weighted by atomic mass is 16.6. The van der Waals surface area contributed by atoms with Crippen molar-refractivity contribution in [1.82, 2.24) is 0 Å². The van der Waals surface area contributed by atoms with Gasteiger partial charge in [-0.2, -0.15) is 0 Å². The van der Waals surface area contributed by atoms with Crippen LogP contribution in [0, 0.1) is 32.5 Å². The third kappa shape index (κ3) is 44.9. The van der Waals surface area contributed by atoms with Crippen molar-refractivity contribution in [2.75, 3.05) is 19.8 Å². The van der Waals surface area contributed by atoms with Gasteiger partial charge in [0.25, 0.3) is 0 Å². The lowest BCUT2D eigenvalue weighted by molar-refractivity contribution is -0.162. The molecule has 4 fully saturated rings. The van der Waals surface area contributed by atoms with Crippen LogP contribution in [0.5, 0.6) is 23.0 Å². The van der Waals surface area contributed by atoms with Crippen LogP contribution < -0.4 is 4.74 Å². The summed E-state index contributed by atoms with van der Waals surface area (Å²) in [5, 5.41) is 44.6. The van der Waals surface area contributed by atoms with Crippen molar-refractivity contribution in [3.63, 3.8) is 0 Å². The fourth-order valence-corrected chi connectivity index (χ4v) is 10.5. The van der Waals surface area contributed by atoms with Gasteiger partial charge in [0.15, 0.2) is 0 Å². The number of carbonyl (C=O) groups is 7. The summed E-state index contributed by atoms with van der Waals surface area (Å²) >= 11 is 0. The lowest BCUT2D eigenvalue weighted by atomic mass is 9.90. The normalized spacial score (nSPS) is 16.2. The van der Waals surface area contributed by atoms with E-state index in [0.29, 0.717) is 53.6 Å². The lowest BCUT2D eigenvalue weighted by Crippen LogP contribution is -2.31. The molecule has 8 rings (SSSR count). The number of hydrogen-bond acceptors (Lipinski definition) is 19. The smallest absolute Gasteiger partial charge is 0.316 e. The maximum Gasteiger partial charge on any atom is 0.316 e. The van der Waals surface area contributed by atoms with E-state index in [0.717, 1.165) is 83.5 Å². The minimum atomic E-state index is -0.975. The summed E-state index contributed by atoms with van der Waals surface area (Å²) in [6.45, 7) is 47.3. The van der Waals surface area contributed by atoms with Gasteiger partial charge in [0, 0.05) is 0 Å². The van der Waals surface area contributed by atoms with Crippen molar-refractivity contribution in [2.24, 2.45) is 32.5 Å². The third-order valence-corrected chi connectivity index (χ3v) is 23.0. The van der Waals surface area contributed by atoms with Crippen LogP contribution in [0.1, 0.15) is 361 Å². The minimum absolute atomic E-state index is 0.0214. The molecule has 116 heavy (non-hydrogen) atoms. The number of carbonyl (C=O) groups excluding carboxylic acids is 7. The van der Waals surface area contributed by atoms with Crippen molar-refractivity contribution in [2.45, 2.75) is 375 Å². The quantitative estimate of drug-likeness (QED) is 0.0222. The predicted molar refractivity (Wildman–Crippen MR) is 465 cm³/mol. The Morgan fingerprint density at radius 1 is 0.388 bits per heavy atom. The first-order valence-electron chi connectivity index (χ1n) is 43.4. The van der Waals surface area contributed by atoms with Crippen LogP contribution in [-0.2, 0) is 62.0 Å². The SMILES string of the molecule is CCC(C)(C)C(=O)OC1CCCCC1.CCC(C)(C)C(=O)OC1CCCCC1.CCC(C)(C)C(=O)OC1CCCCC1.CCC(C)(C)C(=O)OC1COC(=O)C1.CCC(C)(C)C(=O)OCC(O)CO.CCC(C)(C)C(=O)Oc1ccccc1.CCC(C)c1ccc(O)cc1.CCC(C)c1ccc(O)cc1.CCC(C)c1cccc(O)c1. The van der Waals surface area contributed by atoms with Crippen molar-refractivity contribution >= 4 is 41.8 Å². The summed E-state index contributed by atoms with van der Waals surface area (Å²) in [6, 6.07) is 31.5. The molecule has 660 valence electrons. The maximum absolute atomic E-state index is 11.7. The van der Waals surface area contributed by atoms with E-state index < -0.39 is 22.3 Å². The highest BCUT2D eigenvalue weighted by molar-refractivity contribution is 5.79. The molecule has 1 aliphatic heterocycles. The second kappa shape index (κ2) is 56.8. The van der Waals surface area contributed by atoms with Gasteiger partial charge in [-0.3, -0.25) is 33.6 Å². The maximum atomic E-state index is 11.7. The zero-order chi connectivity index (χ0) is 88.5. The van der Waals surface area contributed by atoms with Crippen LogP contribution in [0.25, 0.3) is 0 Å². The van der Waals surface area contributed by atoms with Gasteiger partial charge in [-0.15, -0.1) is 0 Å². The highest BCUT2D eigenvalue weighted by Gasteiger charge is 2.36. The zero-order valence-electron chi connectivity index (χ0n) is 76.2. The Morgan fingerprint density at radius 2 is 0.698 bits per heavy atom. The fourth-order valence-electron chi connectivity index (χ4n) is 10.5. The number of cyclic esters (lactones) is 1. The molecule has 5 atom stereocenters. The Hall–Kier alpha value is -7.51. The highest BCUT2D eigenvalue weighted by Crippen LogP contribution is 2.32. The summed E-state index contributed by atoms with van der Waals surface area (Å²) in [5.74, 6) is 2.25. The van der Waals surface area contributed by atoms with E-state index >= 15 is 0 Å². The van der Waals surface area contributed by atoms with E-state index in [1.54, 1.807) is 56.3 Å². The number of ether oxygens (including phenoxy) is 7. The Morgan fingerprint density at radius 3 is 0.991 bits per heavy atom. The van der Waals surface area contributed by atoms with Crippen LogP contribution in [0.2, 0.25) is 0 Å². The molecule has 4 aromatic rings. The average Bonchev–Trinajstić information content (AvgIpc) is 1.45. The molecule has 0 spiro atoms. The molecule has 0 amide bonds. The number of rotatable bonds is 26. The van der Waals surface area contributed by atoms with Gasteiger partial charge >= 0.3 is 41.8 Å². The van der Waals surface area contributed by atoms with Crippen LogP contribution in [-0.4, -0.2) is 118 Å². The molecule has 0 aromatic heterocycles. The monoisotopic (exact) mass is 1630 g/mol. The Bertz CT molecular complexity index is 3180. The lowest BCUT2D eigenvalue weighted by Gasteiger charge is -2.27. The van der Waals surface area contributed by atoms with Gasteiger partial charge in [0.05, 0.1) is 45.5 Å². The topological polar surface area (TPSA) is 285 Å². The van der Waals surface area contributed by atoms with E-state index in [1.165, 1.54) is 74.5 Å². The Kier molecular flexibility index (Phi) is 53.1. The predicted octanol–water partition coefficient (Wildman–Crippen LogP) is 23.2. The number of esters is 7. The number of aliphatic hydroxyl groups excluding tert-OH is 2. The molecule has 3 saturated carbocycles. The van der Waals surface area contributed by atoms with Gasteiger partial charge < -0.3 is 58.7 Å². The first-order valence-corrected chi connectivity index (χ1v) is 43.4. The standard InChI is InChI=1S/3C12H22O2.C12H16O2.C10H16O4.3C10H14O.C9H18O4/c4*1-4-12(2,3)11(13)14-10-8-6-5-7-9-10;1-4-10(2,3)9(12)14-7-5-8(11)13-6-7;2*1-3-8(2)9-4-6-10(11)7-5-9;1-3-8(2)9-5-4-6-10(11)7-9;1-4-9(2,3)8(12)13-6-7(11)5-10/h3*10H,4-9H2,1-3H3;5-9H,4H2,1-3H3;7H,4-6H2,1-3H3;3*4-8,11H,3H2,1-2H3;7,10-11H,4-6H2,1-3H3. The molecular formula is C97H158O19. The minimum Gasteiger partial charge on any atom is -0.508 e. The number of hydrogen-bond donors (Lipinski definition) is 5. The molecule has 5 unspecified atom stereocenters. The van der Waals surface area contributed by atoms with E-state index in [-0.39, 0.29) is 109 Å². The van der Waals surface area contributed by atoms with E-state index in [1.807, 2.05) is 171 Å². The summed E-state index contributed by atoms with van der Waals surface area (Å²) in [6.07, 6.45) is 25.1. The van der Waals surface area contributed by atoms with Crippen LogP contribution in [0.4, 0.5) is 0 Å². The average molecular weight is 1630 g/mol. The molecule has 0 radical (unpaired) electrons. The van der Waals surface area contributed by atoms with E-state index in [4.69, 9.17) is 58.7 Å². The molecule has 4 aliphatic rings. The summed E-state index contributed by atoms with van der Waals surface area (Å²) in [4.78, 5) is 80.5. The van der Waals surface area contributed by atoms with Crippen LogP contribution >= 0.6 is 0 Å². The van der Waals surface area contributed by atoms with E-state index in [2.05, 4.69) is 41.5 Å². The fraction of sp³-hybridized carbons (Fsp3) is 0.680. The van der Waals surface area contributed by atoms with Gasteiger partial charge in [0.2, 0.25) is 0 Å². The van der Waals surface area contributed by atoms with Gasteiger partial charge in [-0.25, -0.2) is 0 Å². The summed E-state index contributed by atoms with van der Waals surface area (Å²) < 4.78 is 36.4. The second-order valence-electron chi connectivity index (χ2n) is 35.2. The molecule has 3 aliphatic carbocycles. The first kappa shape index (κ1) is 108. The third-order valence-electron chi connectivity index (χ3n) is 23.0. The largest absolute Gasteiger partial charge is 0.508 e. The summed E-state index contributed by atoms with van der Waals surface area (Å²) in [7, 11) is 0. The molecular weight excluding hydrogens is 1470 g/mol. The molecule has 4 aromatic carbocycles. The molecule has 1 saturated heterocycles. The molecule has 5 N–H and O–H groups in total. The molecule has 19 nitrogen and oxygen atoms in total. The number of phenolic OH excluding ortho intramolecular Hbond substituents is 3. The Balaban J connectivity index is 0.00000128. The number of aliphatic hydroxyl groups is 2.